The van der Waals surface area contributed by atoms with E-state index in [0.717, 1.165) is 42.8 Å². The van der Waals surface area contributed by atoms with Gasteiger partial charge in [-0.1, -0.05) is 18.7 Å². The van der Waals surface area contributed by atoms with E-state index in [0.29, 0.717) is 23.0 Å². The summed E-state index contributed by atoms with van der Waals surface area (Å²) in [5.74, 6) is 0.501. The number of H-pyrrole nitrogens is 1. The molecule has 1 aromatic carbocycles. The number of hydrogen-bond donors (Lipinski definition) is 2. The molecule has 164 valence electrons. The zero-order valence-corrected chi connectivity index (χ0v) is 18.4. The average Bonchev–Trinajstić information content (AvgIpc) is 3.23. The summed E-state index contributed by atoms with van der Waals surface area (Å²) in [7, 11) is 2.08. The van der Waals surface area contributed by atoms with Gasteiger partial charge in [-0.3, -0.25) is 9.79 Å². The topological polar surface area (TPSA) is 89.5 Å². The highest BCUT2D eigenvalue weighted by Gasteiger charge is 2.21. The molecule has 0 unspecified atom stereocenters. The van der Waals surface area contributed by atoms with Crippen LogP contribution >= 0.6 is 0 Å². The number of nitrogens with zero attached hydrogens (tertiary/aromatic N) is 5. The molecule has 8 heteroatoms. The first-order chi connectivity index (χ1) is 15.6. The van der Waals surface area contributed by atoms with Crippen molar-refractivity contribution in [3.05, 3.63) is 66.6 Å². The Hall–Kier alpha value is -3.78. The van der Waals surface area contributed by atoms with Crippen LogP contribution in [0.25, 0.3) is 16.6 Å². The fourth-order valence-corrected chi connectivity index (χ4v) is 3.64. The highest BCUT2D eigenvalue weighted by atomic mass is 16.2. The molecule has 0 bridgehead atoms. The van der Waals surface area contributed by atoms with Gasteiger partial charge in [0.2, 0.25) is 5.95 Å². The fraction of sp³-hybridized carbons (Fsp3) is 0.250. The maximum Gasteiger partial charge on any atom is 0.270 e. The summed E-state index contributed by atoms with van der Waals surface area (Å²) in [6.45, 7) is 8.87. The van der Waals surface area contributed by atoms with Crippen LogP contribution in [0.3, 0.4) is 0 Å². The largest absolute Gasteiger partial charge is 0.350 e. The van der Waals surface area contributed by atoms with E-state index < -0.39 is 0 Å². The predicted octanol–water partition coefficient (Wildman–Crippen LogP) is 3.71. The van der Waals surface area contributed by atoms with Crippen molar-refractivity contribution in [1.82, 2.24) is 24.8 Å². The summed E-state index contributed by atoms with van der Waals surface area (Å²) in [6.07, 6.45) is 6.88. The molecule has 0 radical (unpaired) electrons. The molecule has 0 spiro atoms. The summed E-state index contributed by atoms with van der Waals surface area (Å²) in [5, 5.41) is 4.22. The molecule has 0 atom stereocenters. The quantitative estimate of drug-likeness (QED) is 0.461. The number of amides is 1. The number of benzene rings is 1. The number of piperazine rings is 1. The number of likely N-dealkylation sites (N-methyl/N-ethyl adjacent to an activating group) is 1. The number of nitrogens with one attached hydrogen (secondary N) is 2. The number of allylic oxidation sites excluding steroid dienone is 2. The lowest BCUT2D eigenvalue weighted by atomic mass is 10.2. The van der Waals surface area contributed by atoms with Gasteiger partial charge in [0.15, 0.2) is 0 Å². The molecule has 0 saturated carbocycles. The summed E-state index contributed by atoms with van der Waals surface area (Å²) in [5.41, 5.74) is 3.72. The van der Waals surface area contributed by atoms with Gasteiger partial charge in [-0.15, -0.1) is 0 Å². The minimum absolute atomic E-state index is 0.0397. The Kier molecular flexibility index (Phi) is 6.42. The number of fused-ring (bicyclic) bond motifs is 1. The van der Waals surface area contributed by atoms with Crippen LogP contribution in [0.4, 0.5) is 11.6 Å². The van der Waals surface area contributed by atoms with Gasteiger partial charge in [0.25, 0.3) is 5.91 Å². The van der Waals surface area contributed by atoms with Gasteiger partial charge < -0.3 is 20.1 Å². The van der Waals surface area contributed by atoms with Gasteiger partial charge in [0, 0.05) is 55.2 Å². The molecule has 2 N–H and O–H groups in total. The summed E-state index contributed by atoms with van der Waals surface area (Å²) < 4.78 is 0. The number of rotatable bonds is 6. The summed E-state index contributed by atoms with van der Waals surface area (Å²) in [4.78, 5) is 33.5. The Morgan fingerprint density at radius 3 is 2.78 bits per heavy atom. The molecule has 3 heterocycles. The molecule has 32 heavy (non-hydrogen) atoms. The molecular weight excluding hydrogens is 402 g/mol. The first kappa shape index (κ1) is 21.5. The highest BCUT2D eigenvalue weighted by Crippen LogP contribution is 2.23. The third-order valence-electron chi connectivity index (χ3n) is 5.36. The van der Waals surface area contributed by atoms with E-state index in [1.807, 2.05) is 36.1 Å². The van der Waals surface area contributed by atoms with Crippen molar-refractivity contribution in [1.29, 1.82) is 0 Å². The van der Waals surface area contributed by atoms with E-state index in [4.69, 9.17) is 0 Å². The number of aliphatic imine (C=N–C) groups is 1. The Balaban J connectivity index is 1.54. The van der Waals surface area contributed by atoms with Crippen LogP contribution in [-0.2, 0) is 0 Å². The molecule has 1 fully saturated rings. The Labute approximate surface area is 187 Å². The molecule has 1 aliphatic rings. The van der Waals surface area contributed by atoms with Crippen LogP contribution in [0.15, 0.2) is 60.3 Å². The maximum absolute atomic E-state index is 12.9. The van der Waals surface area contributed by atoms with E-state index >= 15 is 0 Å². The lowest BCUT2D eigenvalue weighted by Gasteiger charge is -2.32. The third-order valence-corrected chi connectivity index (χ3v) is 5.36. The molecule has 2 aromatic heterocycles. The minimum Gasteiger partial charge on any atom is -0.350 e. The van der Waals surface area contributed by atoms with E-state index in [-0.39, 0.29) is 5.91 Å². The second kappa shape index (κ2) is 9.57. The second-order valence-electron chi connectivity index (χ2n) is 7.65. The van der Waals surface area contributed by atoms with Crippen LogP contribution in [0.5, 0.6) is 0 Å². The number of carbonyl (C=O) groups excluding carboxylic acids is 1. The molecule has 1 amide bonds. The van der Waals surface area contributed by atoms with Crippen molar-refractivity contribution in [2.75, 3.05) is 38.5 Å². The molecule has 1 saturated heterocycles. The van der Waals surface area contributed by atoms with Crippen molar-refractivity contribution >= 4 is 40.4 Å². The van der Waals surface area contributed by atoms with Gasteiger partial charge in [0.1, 0.15) is 5.69 Å². The highest BCUT2D eigenvalue weighted by molar-refractivity contribution is 5.98. The number of hydrogen-bond acceptors (Lipinski definition) is 6. The zero-order chi connectivity index (χ0) is 22.5. The minimum atomic E-state index is 0.0397. The predicted molar refractivity (Wildman–Crippen MR) is 129 cm³/mol. The van der Waals surface area contributed by atoms with Gasteiger partial charge in [-0.05, 0) is 44.3 Å². The van der Waals surface area contributed by atoms with Crippen molar-refractivity contribution in [3.8, 4) is 0 Å². The third kappa shape index (κ3) is 4.76. The monoisotopic (exact) mass is 429 g/mol. The van der Waals surface area contributed by atoms with Crippen LogP contribution in [-0.4, -0.2) is 70.1 Å². The lowest BCUT2D eigenvalue weighted by Crippen LogP contribution is -2.47. The molecule has 4 rings (SSSR count). The fourth-order valence-electron chi connectivity index (χ4n) is 3.64. The van der Waals surface area contributed by atoms with Crippen molar-refractivity contribution in [2.24, 2.45) is 4.99 Å². The van der Waals surface area contributed by atoms with E-state index in [2.05, 4.69) is 43.8 Å². The normalized spacial score (nSPS) is 15.4. The van der Waals surface area contributed by atoms with Gasteiger partial charge in [0.05, 0.1) is 11.4 Å². The maximum atomic E-state index is 12.9. The van der Waals surface area contributed by atoms with E-state index in [1.165, 1.54) is 0 Å². The second-order valence-corrected chi connectivity index (χ2v) is 7.65. The Morgan fingerprint density at radius 1 is 1.22 bits per heavy atom. The number of carbonyl (C=O) groups is 1. The summed E-state index contributed by atoms with van der Waals surface area (Å²) in [6, 6.07) is 9.59. The average molecular weight is 430 g/mol. The first-order valence-electron chi connectivity index (χ1n) is 10.6. The molecular formula is C24H27N7O. The summed E-state index contributed by atoms with van der Waals surface area (Å²) >= 11 is 0. The standard InChI is InChI=1S/C24H27N7O/c1-4-6-19(25-5-2)20-9-10-26-24(29-20)27-18-8-7-17-15-22(28-21(17)16-18)23(32)31-13-11-30(3)12-14-31/h4-10,15-16,28H,1,11-14H2,2-3H3,(H,26,27,29)/b19-6-,25-5?. The van der Waals surface area contributed by atoms with E-state index in [9.17, 15) is 4.79 Å². The van der Waals surface area contributed by atoms with Gasteiger partial charge in [-0.25, -0.2) is 9.97 Å². The number of aromatic nitrogens is 3. The Morgan fingerprint density at radius 2 is 2.03 bits per heavy atom. The SMILES string of the molecule is C=C/C=C(\N=CC)c1ccnc(Nc2ccc3cc(C(=O)N4CCN(C)CC4)[nH]c3c2)n1. The van der Waals surface area contributed by atoms with Crippen LogP contribution in [0, 0.1) is 0 Å². The number of anilines is 2. The van der Waals surface area contributed by atoms with Crippen LogP contribution < -0.4 is 5.32 Å². The van der Waals surface area contributed by atoms with Crippen LogP contribution in [0.1, 0.15) is 23.1 Å². The number of aromatic amines is 1. The first-order valence-corrected chi connectivity index (χ1v) is 10.6. The Bertz CT molecular complexity index is 1190. The smallest absolute Gasteiger partial charge is 0.270 e. The van der Waals surface area contributed by atoms with Gasteiger partial charge >= 0.3 is 0 Å². The molecule has 1 aliphatic heterocycles. The van der Waals surface area contributed by atoms with Gasteiger partial charge in [-0.2, -0.15) is 0 Å². The van der Waals surface area contributed by atoms with Crippen molar-refractivity contribution in [3.63, 3.8) is 0 Å². The lowest BCUT2D eigenvalue weighted by molar-refractivity contribution is 0.0659. The zero-order valence-electron chi connectivity index (χ0n) is 18.4. The van der Waals surface area contributed by atoms with E-state index in [1.54, 1.807) is 30.6 Å². The molecule has 8 nitrogen and oxygen atoms in total. The van der Waals surface area contributed by atoms with Crippen molar-refractivity contribution in [2.45, 2.75) is 6.92 Å². The van der Waals surface area contributed by atoms with Crippen molar-refractivity contribution < 1.29 is 4.79 Å². The van der Waals surface area contributed by atoms with Crippen LogP contribution in [0.2, 0.25) is 0 Å². The molecule has 3 aromatic rings. The molecule has 0 aliphatic carbocycles.